The molecule has 0 aliphatic rings. The Kier molecular flexibility index (Phi) is 2.16. The summed E-state index contributed by atoms with van der Waals surface area (Å²) in [5, 5.41) is 3.83. The van der Waals surface area contributed by atoms with E-state index in [9.17, 15) is 0 Å². The maximum Gasteiger partial charge on any atom is 0.136 e. The van der Waals surface area contributed by atoms with Crippen molar-refractivity contribution in [3.05, 3.63) is 36.5 Å². The Labute approximate surface area is 111 Å². The number of nitrogens with zero attached hydrogens (tertiary/aromatic N) is 1. The standard InChI is InChI=1S/C17H17NO/c1-3-4-11(2)18-10-9-12-14(18)6-5-13-15-7-8-16(19-15)17(12)13/h5-11H,3-4H2,1-2H3. The summed E-state index contributed by atoms with van der Waals surface area (Å²) in [4.78, 5) is 0. The van der Waals surface area contributed by atoms with Gasteiger partial charge in [0.05, 0.1) is 0 Å². The van der Waals surface area contributed by atoms with Crippen molar-refractivity contribution in [2.75, 3.05) is 0 Å². The van der Waals surface area contributed by atoms with E-state index in [2.05, 4.69) is 54.9 Å². The number of fused-ring (bicyclic) bond motifs is 7. The molecule has 0 amide bonds. The minimum Gasteiger partial charge on any atom is -0.456 e. The molecule has 2 bridgehead atoms. The van der Waals surface area contributed by atoms with Crippen LogP contribution in [0.25, 0.3) is 32.8 Å². The largest absolute Gasteiger partial charge is 0.456 e. The van der Waals surface area contributed by atoms with Gasteiger partial charge in [-0.2, -0.15) is 0 Å². The van der Waals surface area contributed by atoms with Crippen molar-refractivity contribution in [2.24, 2.45) is 0 Å². The maximum atomic E-state index is 5.78. The van der Waals surface area contributed by atoms with Gasteiger partial charge in [0.25, 0.3) is 0 Å². The molecule has 3 aromatic heterocycles. The van der Waals surface area contributed by atoms with Crippen molar-refractivity contribution in [1.82, 2.24) is 4.57 Å². The summed E-state index contributed by atoms with van der Waals surface area (Å²) in [6.07, 6.45) is 4.64. The second-order valence-corrected chi connectivity index (χ2v) is 5.45. The zero-order valence-corrected chi connectivity index (χ0v) is 11.3. The van der Waals surface area contributed by atoms with E-state index in [0.717, 1.165) is 11.2 Å². The number of hydrogen-bond donors (Lipinski definition) is 0. The quantitative estimate of drug-likeness (QED) is 0.480. The third-order valence-electron chi connectivity index (χ3n) is 4.20. The van der Waals surface area contributed by atoms with Gasteiger partial charge in [0.1, 0.15) is 11.2 Å². The summed E-state index contributed by atoms with van der Waals surface area (Å²) in [6, 6.07) is 11.3. The summed E-state index contributed by atoms with van der Waals surface area (Å²) in [5.41, 5.74) is 3.33. The van der Waals surface area contributed by atoms with Gasteiger partial charge in [-0.25, -0.2) is 0 Å². The molecular formula is C17H17NO. The van der Waals surface area contributed by atoms with Gasteiger partial charge in [-0.3, -0.25) is 0 Å². The van der Waals surface area contributed by atoms with Gasteiger partial charge in [-0.05, 0) is 43.7 Å². The molecule has 2 heteroatoms. The molecule has 1 aromatic carbocycles. The Morgan fingerprint density at radius 1 is 1.05 bits per heavy atom. The number of rotatable bonds is 3. The minimum absolute atomic E-state index is 0.549. The molecule has 96 valence electrons. The number of benzene rings is 2. The SMILES string of the molecule is CCCC(C)n1ccc2c3c4ccc(o4)c3ccc21. The second kappa shape index (κ2) is 3.77. The van der Waals surface area contributed by atoms with E-state index < -0.39 is 0 Å². The van der Waals surface area contributed by atoms with Crippen molar-refractivity contribution >= 4 is 32.8 Å². The van der Waals surface area contributed by atoms with Crippen molar-refractivity contribution in [3.8, 4) is 0 Å². The predicted molar refractivity (Wildman–Crippen MR) is 80.0 cm³/mol. The van der Waals surface area contributed by atoms with Crippen molar-refractivity contribution in [1.29, 1.82) is 0 Å². The third-order valence-corrected chi connectivity index (χ3v) is 4.20. The zero-order valence-electron chi connectivity index (χ0n) is 11.3. The Balaban J connectivity index is 2.03. The molecular weight excluding hydrogens is 234 g/mol. The third kappa shape index (κ3) is 1.37. The second-order valence-electron chi connectivity index (χ2n) is 5.45. The van der Waals surface area contributed by atoms with Crippen LogP contribution >= 0.6 is 0 Å². The molecule has 19 heavy (non-hydrogen) atoms. The first kappa shape index (κ1) is 10.9. The number of hydrogen-bond acceptors (Lipinski definition) is 1. The lowest BCUT2D eigenvalue weighted by Gasteiger charge is -2.14. The van der Waals surface area contributed by atoms with Crippen LogP contribution in [0.1, 0.15) is 32.7 Å². The summed E-state index contributed by atoms with van der Waals surface area (Å²) < 4.78 is 8.17. The first-order valence-corrected chi connectivity index (χ1v) is 7.03. The molecule has 0 saturated carbocycles. The summed E-state index contributed by atoms with van der Waals surface area (Å²) >= 11 is 0. The summed E-state index contributed by atoms with van der Waals surface area (Å²) in [7, 11) is 0. The molecule has 3 heterocycles. The van der Waals surface area contributed by atoms with Gasteiger partial charge in [0.2, 0.25) is 0 Å². The van der Waals surface area contributed by atoms with Crippen LogP contribution in [0.2, 0.25) is 0 Å². The topological polar surface area (TPSA) is 18.1 Å². The van der Waals surface area contributed by atoms with Crippen LogP contribution in [-0.2, 0) is 0 Å². The summed E-state index contributed by atoms with van der Waals surface area (Å²) in [6.45, 7) is 4.53. The van der Waals surface area contributed by atoms with Crippen LogP contribution in [0.4, 0.5) is 0 Å². The highest BCUT2D eigenvalue weighted by molar-refractivity contribution is 6.19. The Bertz CT molecular complexity index is 852. The van der Waals surface area contributed by atoms with Gasteiger partial charge in [-0.15, -0.1) is 0 Å². The van der Waals surface area contributed by atoms with E-state index >= 15 is 0 Å². The Morgan fingerprint density at radius 3 is 2.74 bits per heavy atom. The van der Waals surface area contributed by atoms with E-state index in [4.69, 9.17) is 4.42 Å². The van der Waals surface area contributed by atoms with Gasteiger partial charge in [0.15, 0.2) is 0 Å². The zero-order chi connectivity index (χ0) is 13.0. The highest BCUT2D eigenvalue weighted by atomic mass is 16.3. The molecule has 4 aromatic rings. The molecule has 0 radical (unpaired) electrons. The van der Waals surface area contributed by atoms with Gasteiger partial charge in [-0.1, -0.05) is 13.3 Å². The van der Waals surface area contributed by atoms with Crippen LogP contribution in [0.3, 0.4) is 0 Å². The van der Waals surface area contributed by atoms with E-state index in [1.165, 1.54) is 34.5 Å². The fourth-order valence-corrected chi connectivity index (χ4v) is 3.27. The van der Waals surface area contributed by atoms with Crippen LogP contribution in [0, 0.1) is 0 Å². The minimum atomic E-state index is 0.549. The van der Waals surface area contributed by atoms with E-state index in [-0.39, 0.29) is 0 Å². The van der Waals surface area contributed by atoms with Crippen molar-refractivity contribution in [3.63, 3.8) is 0 Å². The van der Waals surface area contributed by atoms with Gasteiger partial charge < -0.3 is 8.98 Å². The molecule has 2 nitrogen and oxygen atoms in total. The molecule has 0 N–H and O–H groups in total. The normalized spacial score (nSPS) is 14.0. The number of furan rings is 2. The first-order chi connectivity index (χ1) is 9.29. The molecule has 0 saturated heterocycles. The van der Waals surface area contributed by atoms with E-state index in [1.807, 2.05) is 0 Å². The fraction of sp³-hybridized carbons (Fsp3) is 0.294. The Morgan fingerprint density at radius 2 is 1.89 bits per heavy atom. The lowest BCUT2D eigenvalue weighted by atomic mass is 10.1. The van der Waals surface area contributed by atoms with Crippen molar-refractivity contribution < 1.29 is 4.42 Å². The van der Waals surface area contributed by atoms with Crippen molar-refractivity contribution in [2.45, 2.75) is 32.7 Å². The molecule has 1 unspecified atom stereocenters. The van der Waals surface area contributed by atoms with Crippen LogP contribution < -0.4 is 0 Å². The van der Waals surface area contributed by atoms with Crippen LogP contribution in [0.15, 0.2) is 40.9 Å². The maximum absolute atomic E-state index is 5.78. The average molecular weight is 251 g/mol. The highest BCUT2D eigenvalue weighted by Gasteiger charge is 2.15. The lowest BCUT2D eigenvalue weighted by Crippen LogP contribution is -2.02. The molecule has 0 spiro atoms. The summed E-state index contributed by atoms with van der Waals surface area (Å²) in [5.74, 6) is 0. The van der Waals surface area contributed by atoms with Gasteiger partial charge in [0, 0.05) is 33.9 Å². The Hall–Kier alpha value is -1.96. The number of aromatic nitrogens is 1. The average Bonchev–Trinajstić information content (AvgIpc) is 3.12. The lowest BCUT2D eigenvalue weighted by molar-refractivity contribution is 0.515. The van der Waals surface area contributed by atoms with Crippen LogP contribution in [-0.4, -0.2) is 4.57 Å². The van der Waals surface area contributed by atoms with E-state index in [0.29, 0.717) is 6.04 Å². The first-order valence-electron chi connectivity index (χ1n) is 7.03. The molecule has 0 fully saturated rings. The molecule has 1 atom stereocenters. The fourth-order valence-electron chi connectivity index (χ4n) is 3.27. The molecule has 4 rings (SSSR count). The van der Waals surface area contributed by atoms with Crippen LogP contribution in [0.5, 0.6) is 0 Å². The highest BCUT2D eigenvalue weighted by Crippen LogP contribution is 2.37. The van der Waals surface area contributed by atoms with E-state index in [1.54, 1.807) is 0 Å². The smallest absolute Gasteiger partial charge is 0.136 e. The molecule has 0 aliphatic carbocycles. The monoisotopic (exact) mass is 251 g/mol. The predicted octanol–water partition coefficient (Wildman–Crippen LogP) is 5.34. The van der Waals surface area contributed by atoms with Gasteiger partial charge >= 0.3 is 0 Å². The molecule has 0 aliphatic heterocycles.